The predicted octanol–water partition coefficient (Wildman–Crippen LogP) is 3.81. The lowest BCUT2D eigenvalue weighted by atomic mass is 10.1. The fourth-order valence-corrected chi connectivity index (χ4v) is 4.47. The minimum absolute atomic E-state index is 0.388. The topological polar surface area (TPSA) is 94.2 Å². The highest BCUT2D eigenvalue weighted by Gasteiger charge is 2.18. The van der Waals surface area contributed by atoms with Gasteiger partial charge in [0, 0.05) is 37.6 Å². The summed E-state index contributed by atoms with van der Waals surface area (Å²) < 4.78 is 9.39. The summed E-state index contributed by atoms with van der Waals surface area (Å²) in [6.45, 7) is 7.59. The van der Waals surface area contributed by atoms with Gasteiger partial charge in [0.15, 0.2) is 5.65 Å². The predicted molar refractivity (Wildman–Crippen MR) is 133 cm³/mol. The fraction of sp³-hybridized carbons (Fsp3) is 0.440. The molecule has 178 valence electrons. The van der Waals surface area contributed by atoms with E-state index >= 15 is 0 Å². The highest BCUT2D eigenvalue weighted by atomic mass is 16.5. The summed E-state index contributed by atoms with van der Waals surface area (Å²) in [5.41, 5.74) is 4.36. The Morgan fingerprint density at radius 1 is 1.03 bits per heavy atom. The molecule has 0 aliphatic carbocycles. The zero-order valence-corrected chi connectivity index (χ0v) is 19.8. The van der Waals surface area contributed by atoms with E-state index in [1.165, 1.54) is 0 Å². The van der Waals surface area contributed by atoms with Crippen molar-refractivity contribution in [2.24, 2.45) is 0 Å². The number of ether oxygens (including phenoxy) is 1. The number of nitrogens with one attached hydrogen (secondary N) is 2. The van der Waals surface area contributed by atoms with Crippen molar-refractivity contribution in [3.8, 4) is 22.6 Å². The van der Waals surface area contributed by atoms with Gasteiger partial charge in [0.2, 0.25) is 0 Å². The molecule has 0 bridgehead atoms. The van der Waals surface area contributed by atoms with Gasteiger partial charge in [-0.05, 0) is 50.1 Å². The number of hydrogen-bond donors (Lipinski definition) is 2. The molecule has 2 fully saturated rings. The van der Waals surface area contributed by atoms with E-state index in [1.54, 1.807) is 0 Å². The number of fused-ring (bicyclic) bond motifs is 1. The van der Waals surface area contributed by atoms with Gasteiger partial charge in [-0.25, -0.2) is 14.5 Å². The van der Waals surface area contributed by atoms with Crippen molar-refractivity contribution in [3.63, 3.8) is 0 Å². The highest BCUT2D eigenvalue weighted by molar-refractivity contribution is 5.64. The Kier molecular flexibility index (Phi) is 6.82. The lowest BCUT2D eigenvalue weighted by Crippen LogP contribution is -2.22. The maximum Gasteiger partial charge on any atom is 0.154 e. The Balaban J connectivity index is 0.00000117. The molecule has 9 heteroatoms. The summed E-state index contributed by atoms with van der Waals surface area (Å²) in [5.74, 6) is 0.875. The molecule has 6 heterocycles. The minimum Gasteiger partial charge on any atom is -0.381 e. The molecule has 1 unspecified atom stereocenters. The van der Waals surface area contributed by atoms with Gasteiger partial charge in [0.1, 0.15) is 11.5 Å². The molecule has 2 N–H and O–H groups in total. The first kappa shape index (κ1) is 22.5. The molecule has 0 spiro atoms. The number of pyridine rings is 1. The van der Waals surface area contributed by atoms with Crippen molar-refractivity contribution >= 4 is 11.5 Å². The maximum absolute atomic E-state index is 5.48. The van der Waals surface area contributed by atoms with Gasteiger partial charge in [0.25, 0.3) is 0 Å². The second kappa shape index (κ2) is 10.3. The van der Waals surface area contributed by atoms with E-state index < -0.39 is 0 Å². The Morgan fingerprint density at radius 2 is 1.91 bits per heavy atom. The molecule has 2 saturated heterocycles. The Bertz CT molecular complexity index is 1220. The van der Waals surface area contributed by atoms with Crippen molar-refractivity contribution in [2.45, 2.75) is 45.2 Å². The van der Waals surface area contributed by atoms with Crippen LogP contribution in [0.15, 0.2) is 48.9 Å². The first-order valence-corrected chi connectivity index (χ1v) is 12.3. The van der Waals surface area contributed by atoms with E-state index in [-0.39, 0.29) is 0 Å². The number of hydrogen-bond acceptors (Lipinski definition) is 7. The van der Waals surface area contributed by atoms with Crippen LogP contribution < -0.4 is 10.6 Å². The van der Waals surface area contributed by atoms with Crippen molar-refractivity contribution in [1.82, 2.24) is 34.7 Å². The molecule has 4 aromatic heterocycles. The molecule has 2 aliphatic heterocycles. The normalized spacial score (nSPS) is 18.6. The van der Waals surface area contributed by atoms with Gasteiger partial charge < -0.3 is 15.4 Å². The summed E-state index contributed by atoms with van der Waals surface area (Å²) in [6, 6.07) is 10.8. The first-order valence-electron chi connectivity index (χ1n) is 12.3. The second-order valence-corrected chi connectivity index (χ2v) is 8.43. The van der Waals surface area contributed by atoms with Crippen LogP contribution in [0.5, 0.6) is 0 Å². The summed E-state index contributed by atoms with van der Waals surface area (Å²) in [5, 5.41) is 16.4. The van der Waals surface area contributed by atoms with E-state index in [1.807, 2.05) is 65.8 Å². The van der Waals surface area contributed by atoms with Gasteiger partial charge in [-0.15, -0.1) is 0 Å². The van der Waals surface area contributed by atoms with Gasteiger partial charge in [-0.2, -0.15) is 10.2 Å². The van der Waals surface area contributed by atoms with Crippen LogP contribution >= 0.6 is 0 Å². The molecule has 6 rings (SSSR count). The molecule has 2 aliphatic rings. The average Bonchev–Trinajstić information content (AvgIpc) is 3.67. The van der Waals surface area contributed by atoms with Crippen molar-refractivity contribution < 1.29 is 4.74 Å². The molecule has 1 atom stereocenters. The molecule has 0 radical (unpaired) electrons. The summed E-state index contributed by atoms with van der Waals surface area (Å²) in [7, 11) is 0. The quantitative estimate of drug-likeness (QED) is 0.468. The summed E-state index contributed by atoms with van der Waals surface area (Å²) in [4.78, 5) is 9.37. The SMILES string of the molecule is CC.c1cc(NC2CCNC2)nc(-c2cnc3ccc(-c4cnn(C5CCOCC5)c4)nn23)c1. The summed E-state index contributed by atoms with van der Waals surface area (Å²) in [6.07, 6.45) is 8.89. The van der Waals surface area contributed by atoms with Crippen LogP contribution in [-0.2, 0) is 4.74 Å². The number of anilines is 1. The maximum atomic E-state index is 5.48. The summed E-state index contributed by atoms with van der Waals surface area (Å²) >= 11 is 0. The molecule has 9 nitrogen and oxygen atoms in total. The molecule has 0 amide bonds. The van der Waals surface area contributed by atoms with E-state index in [0.29, 0.717) is 12.1 Å². The van der Waals surface area contributed by atoms with Crippen LogP contribution in [0.1, 0.15) is 39.2 Å². The zero-order valence-electron chi connectivity index (χ0n) is 19.8. The Morgan fingerprint density at radius 3 is 2.74 bits per heavy atom. The zero-order chi connectivity index (χ0) is 23.3. The van der Waals surface area contributed by atoms with Crippen LogP contribution in [0.4, 0.5) is 5.82 Å². The third kappa shape index (κ3) is 4.67. The van der Waals surface area contributed by atoms with E-state index in [9.17, 15) is 0 Å². The monoisotopic (exact) mass is 460 g/mol. The molecular weight excluding hydrogens is 428 g/mol. The number of rotatable bonds is 5. The van der Waals surface area contributed by atoms with E-state index in [0.717, 1.165) is 79.7 Å². The van der Waals surface area contributed by atoms with Gasteiger partial charge in [0.05, 0.1) is 29.8 Å². The molecule has 0 saturated carbocycles. The lowest BCUT2D eigenvalue weighted by Gasteiger charge is -2.22. The third-order valence-electron chi connectivity index (χ3n) is 6.25. The molecule has 0 aromatic carbocycles. The third-order valence-corrected chi connectivity index (χ3v) is 6.25. The van der Waals surface area contributed by atoms with Crippen molar-refractivity contribution in [3.05, 3.63) is 48.9 Å². The second-order valence-electron chi connectivity index (χ2n) is 8.43. The molecular formula is C25H32N8O. The van der Waals surface area contributed by atoms with Crippen LogP contribution in [0.25, 0.3) is 28.3 Å². The fourth-order valence-electron chi connectivity index (χ4n) is 4.47. The van der Waals surface area contributed by atoms with E-state index in [2.05, 4.69) is 26.9 Å². The standard InChI is InChI=1S/C23H26N8O.C2H6/c1-2-20(28-22(3-1)27-17-6-9-24-13-17)21-14-25-23-5-4-19(29-31(21)23)16-12-26-30(15-16)18-7-10-32-11-8-18;1-2/h1-5,12,14-15,17-18,24H,6-11,13H2,(H,27,28);1-2H3. The molecule has 4 aromatic rings. The number of aromatic nitrogens is 6. The minimum atomic E-state index is 0.388. The number of imidazole rings is 1. The average molecular weight is 461 g/mol. The van der Waals surface area contributed by atoms with E-state index in [4.69, 9.17) is 14.8 Å². The number of nitrogens with zero attached hydrogens (tertiary/aromatic N) is 6. The lowest BCUT2D eigenvalue weighted by molar-refractivity contribution is 0.0662. The van der Waals surface area contributed by atoms with Crippen LogP contribution in [0.3, 0.4) is 0 Å². The smallest absolute Gasteiger partial charge is 0.154 e. The van der Waals surface area contributed by atoms with Crippen LogP contribution in [0, 0.1) is 0 Å². The van der Waals surface area contributed by atoms with Crippen molar-refractivity contribution in [1.29, 1.82) is 0 Å². The van der Waals surface area contributed by atoms with Crippen LogP contribution in [0.2, 0.25) is 0 Å². The molecule has 34 heavy (non-hydrogen) atoms. The van der Waals surface area contributed by atoms with Crippen LogP contribution in [-0.4, -0.2) is 61.7 Å². The van der Waals surface area contributed by atoms with Gasteiger partial charge in [-0.1, -0.05) is 19.9 Å². The van der Waals surface area contributed by atoms with Gasteiger partial charge >= 0.3 is 0 Å². The highest BCUT2D eigenvalue weighted by Crippen LogP contribution is 2.25. The Hall–Kier alpha value is -3.30. The largest absolute Gasteiger partial charge is 0.381 e. The Labute approximate surface area is 199 Å². The first-order chi connectivity index (χ1) is 16.8. The van der Waals surface area contributed by atoms with Gasteiger partial charge in [-0.3, -0.25) is 4.68 Å². The van der Waals surface area contributed by atoms with Crippen molar-refractivity contribution in [2.75, 3.05) is 31.6 Å².